The fraction of sp³-hybridized carbons (Fsp3) is 0.462. The number of hydrogen-bond acceptors (Lipinski definition) is 9. The van der Waals surface area contributed by atoms with Crippen LogP contribution in [0.25, 0.3) is 10.2 Å². The molecule has 1 aromatic heterocycles. The average molecular weight is 545 g/mol. The fourth-order valence-corrected chi connectivity index (χ4v) is 6.88. The highest BCUT2D eigenvalue weighted by atomic mass is 32.2. The van der Waals surface area contributed by atoms with Crippen molar-refractivity contribution in [2.24, 2.45) is 5.92 Å². The molecule has 2 aliphatic rings. The van der Waals surface area contributed by atoms with Gasteiger partial charge in [-0.1, -0.05) is 11.3 Å². The summed E-state index contributed by atoms with van der Waals surface area (Å²) in [4.78, 5) is 16.4. The Morgan fingerprint density at radius 3 is 2.35 bits per heavy atom. The normalized spacial score (nSPS) is 20.0. The zero-order valence-corrected chi connectivity index (χ0v) is 22.9. The number of fused-ring (bicyclic) bond motifs is 1. The standard InChI is InChI=1S/C26H32N4O5S2/c1-25(2)14-18(15-26(3,4)30(25)32)27-17-7-10-20(11-8-17)37(33,34)35-19-9-12-21-22(13-19)36-24(28-21)29-23(31)16-5-6-16/h7-13,16,18,27,32H,5-6,14-15H2,1-4H3,(H,28,29,31). The first kappa shape index (κ1) is 25.9. The molecule has 0 bridgehead atoms. The molecule has 1 aliphatic heterocycles. The van der Waals surface area contributed by atoms with Gasteiger partial charge in [0.25, 0.3) is 0 Å². The number of carbonyl (C=O) groups excluding carboxylic acids is 1. The van der Waals surface area contributed by atoms with Gasteiger partial charge >= 0.3 is 10.1 Å². The fourth-order valence-electron chi connectivity index (χ4n) is 5.06. The van der Waals surface area contributed by atoms with Crippen LogP contribution in [0.3, 0.4) is 0 Å². The summed E-state index contributed by atoms with van der Waals surface area (Å²) >= 11 is 1.28. The van der Waals surface area contributed by atoms with Crippen molar-refractivity contribution in [3.63, 3.8) is 0 Å². The lowest BCUT2D eigenvalue weighted by atomic mass is 9.79. The Bertz CT molecular complexity index is 1410. The summed E-state index contributed by atoms with van der Waals surface area (Å²) in [5.74, 6) is 0.228. The predicted molar refractivity (Wildman–Crippen MR) is 144 cm³/mol. The molecule has 198 valence electrons. The van der Waals surface area contributed by atoms with Crippen molar-refractivity contribution in [2.45, 2.75) is 75.4 Å². The second kappa shape index (κ2) is 9.23. The van der Waals surface area contributed by atoms with Gasteiger partial charge in [-0.3, -0.25) is 4.79 Å². The highest BCUT2D eigenvalue weighted by Crippen LogP contribution is 2.38. The minimum absolute atomic E-state index is 0.0256. The van der Waals surface area contributed by atoms with E-state index in [1.165, 1.54) is 28.5 Å². The number of nitrogens with one attached hydrogen (secondary N) is 2. The van der Waals surface area contributed by atoms with E-state index in [0.29, 0.717) is 10.6 Å². The number of hydrogen-bond donors (Lipinski definition) is 3. The highest BCUT2D eigenvalue weighted by molar-refractivity contribution is 7.87. The molecular weight excluding hydrogens is 512 g/mol. The maximum atomic E-state index is 12.9. The van der Waals surface area contributed by atoms with Crippen LogP contribution in [0.15, 0.2) is 47.4 Å². The van der Waals surface area contributed by atoms with Crippen molar-refractivity contribution in [3.05, 3.63) is 42.5 Å². The Labute approximate surface area is 220 Å². The number of aromatic nitrogens is 1. The van der Waals surface area contributed by atoms with Gasteiger partial charge in [-0.25, -0.2) is 4.98 Å². The monoisotopic (exact) mass is 544 g/mol. The van der Waals surface area contributed by atoms with Crippen LogP contribution < -0.4 is 14.8 Å². The van der Waals surface area contributed by atoms with Crippen molar-refractivity contribution >= 4 is 48.4 Å². The molecule has 1 saturated carbocycles. The predicted octanol–water partition coefficient (Wildman–Crippen LogP) is 5.24. The van der Waals surface area contributed by atoms with Crippen LogP contribution in [-0.4, -0.2) is 46.7 Å². The SMILES string of the molecule is CC1(C)CC(Nc2ccc(S(=O)(=O)Oc3ccc4nc(NC(=O)C5CC5)sc4c3)cc2)CC(C)(C)N1O. The zero-order valence-electron chi connectivity index (χ0n) is 21.3. The quantitative estimate of drug-likeness (QED) is 0.346. The molecule has 0 atom stereocenters. The molecule has 0 spiro atoms. The van der Waals surface area contributed by atoms with Crippen molar-refractivity contribution in [2.75, 3.05) is 10.6 Å². The topological polar surface area (TPSA) is 121 Å². The zero-order chi connectivity index (χ0) is 26.6. The minimum Gasteiger partial charge on any atom is -0.382 e. The lowest BCUT2D eigenvalue weighted by molar-refractivity contribution is -0.243. The third-order valence-electron chi connectivity index (χ3n) is 6.90. The summed E-state index contributed by atoms with van der Waals surface area (Å²) in [5, 5.41) is 18.7. The van der Waals surface area contributed by atoms with E-state index in [2.05, 4.69) is 15.6 Å². The summed E-state index contributed by atoms with van der Waals surface area (Å²) in [6.07, 6.45) is 3.29. The van der Waals surface area contributed by atoms with E-state index >= 15 is 0 Å². The number of hydroxylamine groups is 2. The largest absolute Gasteiger partial charge is 0.382 e. The molecule has 5 rings (SSSR count). The summed E-state index contributed by atoms with van der Waals surface area (Å²) in [6.45, 7) is 8.02. The van der Waals surface area contributed by atoms with E-state index in [4.69, 9.17) is 4.18 Å². The molecule has 9 nitrogen and oxygen atoms in total. The van der Waals surface area contributed by atoms with Crippen LogP contribution in [0.1, 0.15) is 53.4 Å². The maximum absolute atomic E-state index is 12.9. The van der Waals surface area contributed by atoms with E-state index in [1.54, 1.807) is 30.3 Å². The number of benzene rings is 2. The first-order valence-corrected chi connectivity index (χ1v) is 14.6. The molecule has 3 aromatic rings. The van der Waals surface area contributed by atoms with Crippen LogP contribution in [0, 0.1) is 5.92 Å². The summed E-state index contributed by atoms with van der Waals surface area (Å²) in [6, 6.07) is 11.5. The van der Waals surface area contributed by atoms with Crippen molar-refractivity contribution < 1.29 is 22.6 Å². The molecule has 3 N–H and O–H groups in total. The molecule has 0 unspecified atom stereocenters. The Kier molecular flexibility index (Phi) is 6.46. The van der Waals surface area contributed by atoms with Crippen molar-refractivity contribution in [1.29, 1.82) is 0 Å². The van der Waals surface area contributed by atoms with Gasteiger partial charge in [-0.05, 0) is 89.8 Å². The van der Waals surface area contributed by atoms with Gasteiger partial charge in [-0.15, -0.1) is 0 Å². The third kappa shape index (κ3) is 5.59. The smallest absolute Gasteiger partial charge is 0.339 e. The number of anilines is 2. The molecule has 2 aromatic carbocycles. The molecule has 1 aliphatic carbocycles. The number of nitrogens with zero attached hydrogens (tertiary/aromatic N) is 2. The van der Waals surface area contributed by atoms with E-state index in [0.717, 1.165) is 36.1 Å². The van der Waals surface area contributed by atoms with Crippen LogP contribution in [0.4, 0.5) is 10.8 Å². The van der Waals surface area contributed by atoms with Crippen LogP contribution in [0.2, 0.25) is 0 Å². The van der Waals surface area contributed by atoms with Crippen molar-refractivity contribution in [1.82, 2.24) is 10.0 Å². The van der Waals surface area contributed by atoms with Gasteiger partial charge in [0.05, 0.1) is 10.2 Å². The second-order valence-corrected chi connectivity index (χ2v) is 13.7. The maximum Gasteiger partial charge on any atom is 0.339 e. The molecule has 0 radical (unpaired) electrons. The van der Waals surface area contributed by atoms with Gasteiger partial charge in [-0.2, -0.15) is 13.5 Å². The Morgan fingerprint density at radius 2 is 1.73 bits per heavy atom. The number of amides is 1. The van der Waals surface area contributed by atoms with E-state index in [9.17, 15) is 18.4 Å². The van der Waals surface area contributed by atoms with Crippen LogP contribution in [0.5, 0.6) is 5.75 Å². The molecule has 2 fully saturated rings. The summed E-state index contributed by atoms with van der Waals surface area (Å²) in [5.41, 5.74) is 0.682. The van der Waals surface area contributed by atoms with E-state index in [1.807, 2.05) is 27.7 Å². The highest BCUT2D eigenvalue weighted by Gasteiger charge is 2.45. The lowest BCUT2D eigenvalue weighted by Crippen LogP contribution is -2.61. The lowest BCUT2D eigenvalue weighted by Gasteiger charge is -2.51. The summed E-state index contributed by atoms with van der Waals surface area (Å²) < 4.78 is 32.0. The van der Waals surface area contributed by atoms with Crippen LogP contribution in [-0.2, 0) is 14.9 Å². The van der Waals surface area contributed by atoms with Gasteiger partial charge in [0.2, 0.25) is 5.91 Å². The number of piperidine rings is 1. The van der Waals surface area contributed by atoms with Gasteiger partial charge < -0.3 is 20.0 Å². The number of thiazole rings is 1. The van der Waals surface area contributed by atoms with Gasteiger partial charge in [0.1, 0.15) is 10.6 Å². The van der Waals surface area contributed by atoms with Gasteiger partial charge in [0.15, 0.2) is 5.13 Å². The van der Waals surface area contributed by atoms with E-state index < -0.39 is 10.1 Å². The first-order valence-electron chi connectivity index (χ1n) is 12.3. The molecular formula is C26H32N4O5S2. The van der Waals surface area contributed by atoms with Gasteiger partial charge in [0, 0.05) is 34.8 Å². The third-order valence-corrected chi connectivity index (χ3v) is 9.09. The average Bonchev–Trinajstić information content (AvgIpc) is 3.58. The van der Waals surface area contributed by atoms with E-state index in [-0.39, 0.29) is 39.6 Å². The molecule has 2 heterocycles. The Balaban J connectivity index is 1.26. The molecule has 1 amide bonds. The Hall–Kier alpha value is -2.73. The second-order valence-electron chi connectivity index (χ2n) is 11.2. The van der Waals surface area contributed by atoms with Crippen LogP contribution >= 0.6 is 11.3 Å². The molecule has 37 heavy (non-hydrogen) atoms. The number of carbonyl (C=O) groups is 1. The van der Waals surface area contributed by atoms with Crippen molar-refractivity contribution in [3.8, 4) is 5.75 Å². The summed E-state index contributed by atoms with van der Waals surface area (Å²) in [7, 11) is -4.04. The molecule has 11 heteroatoms. The number of rotatable bonds is 7. The minimum atomic E-state index is -4.04. The Morgan fingerprint density at radius 1 is 1.08 bits per heavy atom. The molecule has 1 saturated heterocycles. The first-order chi connectivity index (χ1) is 17.3.